The van der Waals surface area contributed by atoms with Crippen molar-refractivity contribution < 1.29 is 24.2 Å². The van der Waals surface area contributed by atoms with Crippen molar-refractivity contribution in [3.63, 3.8) is 0 Å². The first-order chi connectivity index (χ1) is 14.7. The second-order valence-electron chi connectivity index (χ2n) is 7.22. The lowest BCUT2D eigenvalue weighted by molar-refractivity contribution is -0.140. The smallest absolute Gasteiger partial charge is 0.329 e. The van der Waals surface area contributed by atoms with Gasteiger partial charge in [-0.05, 0) is 44.4 Å². The lowest BCUT2D eigenvalue weighted by Gasteiger charge is -2.43. The van der Waals surface area contributed by atoms with Gasteiger partial charge < -0.3 is 30.1 Å². The highest BCUT2D eigenvalue weighted by Gasteiger charge is 2.52. The quantitative estimate of drug-likeness (QED) is 0.548. The van der Waals surface area contributed by atoms with E-state index in [1.165, 1.54) is 14.2 Å². The number of nitrogens with zero attached hydrogens (tertiary/aromatic N) is 2. The molecule has 0 aliphatic carbocycles. The lowest BCUT2D eigenvalue weighted by atomic mass is 9.94. The largest absolute Gasteiger partial charge is 0.497 e. The van der Waals surface area contributed by atoms with Crippen LogP contribution in [0.25, 0.3) is 0 Å². The molecular weight excluding hydrogens is 468 g/mol. The van der Waals surface area contributed by atoms with Gasteiger partial charge in [-0.1, -0.05) is 15.9 Å². The molecule has 1 atom stereocenters. The Morgan fingerprint density at radius 3 is 2.61 bits per heavy atom. The summed E-state index contributed by atoms with van der Waals surface area (Å²) in [6.45, 7) is 0.845. The Labute approximate surface area is 189 Å². The first kappa shape index (κ1) is 22.9. The Balaban J connectivity index is 2.16. The minimum Gasteiger partial charge on any atom is -0.497 e. The molecule has 31 heavy (non-hydrogen) atoms. The summed E-state index contributed by atoms with van der Waals surface area (Å²) < 4.78 is 11.3. The van der Waals surface area contributed by atoms with E-state index in [4.69, 9.17) is 9.47 Å². The third-order valence-electron chi connectivity index (χ3n) is 4.91. The van der Waals surface area contributed by atoms with Gasteiger partial charge in [-0.25, -0.2) is 9.69 Å². The van der Waals surface area contributed by atoms with Crippen molar-refractivity contribution in [2.24, 2.45) is 0 Å². The minimum atomic E-state index is -2.32. The molecule has 0 aromatic heterocycles. The Bertz CT molecular complexity index is 1000. The van der Waals surface area contributed by atoms with Gasteiger partial charge in [0.2, 0.25) is 0 Å². The summed E-state index contributed by atoms with van der Waals surface area (Å²) in [6, 6.07) is 9.01. The van der Waals surface area contributed by atoms with Gasteiger partial charge in [0.15, 0.2) is 0 Å². The van der Waals surface area contributed by atoms with Crippen molar-refractivity contribution in [2.45, 2.75) is 5.72 Å². The number of nitrogens with one attached hydrogen (secondary N) is 2. The van der Waals surface area contributed by atoms with Crippen molar-refractivity contribution in [1.29, 1.82) is 0 Å². The fraction of sp³-hybridized carbons (Fsp3) is 0.333. The Hall–Kier alpha value is -2.82. The predicted octanol–water partition coefficient (Wildman–Crippen LogP) is 2.34. The van der Waals surface area contributed by atoms with E-state index in [-0.39, 0.29) is 23.5 Å². The molecule has 1 heterocycles. The highest BCUT2D eigenvalue weighted by atomic mass is 79.9. The number of ether oxygens (including phenoxy) is 2. The van der Waals surface area contributed by atoms with Crippen molar-refractivity contribution in [2.75, 3.05) is 51.6 Å². The highest BCUT2D eigenvalue weighted by Crippen LogP contribution is 2.44. The van der Waals surface area contributed by atoms with Gasteiger partial charge in [-0.2, -0.15) is 0 Å². The van der Waals surface area contributed by atoms with Crippen LogP contribution in [0.1, 0.15) is 5.56 Å². The number of aliphatic hydroxyl groups is 1. The summed E-state index contributed by atoms with van der Waals surface area (Å²) in [4.78, 5) is 29.4. The minimum absolute atomic E-state index is 0.205. The SMILES string of the molecule is COc1ccc(N2C(=O)Nc3ccc(Br)cc3C2(O)C(=O)NCCN(C)C)c(OC)c1. The van der Waals surface area contributed by atoms with Crippen LogP contribution in [-0.2, 0) is 10.5 Å². The van der Waals surface area contributed by atoms with E-state index in [1.54, 1.807) is 36.4 Å². The zero-order valence-corrected chi connectivity index (χ0v) is 19.3. The molecular formula is C21H25BrN4O5. The summed E-state index contributed by atoms with van der Waals surface area (Å²) in [5, 5.41) is 17.3. The van der Waals surface area contributed by atoms with Crippen LogP contribution in [0.3, 0.4) is 0 Å². The molecule has 0 fully saturated rings. The average Bonchev–Trinajstić information content (AvgIpc) is 2.74. The van der Waals surface area contributed by atoms with Crippen molar-refractivity contribution in [3.05, 3.63) is 46.4 Å². The van der Waals surface area contributed by atoms with Crippen LogP contribution in [-0.4, -0.2) is 63.3 Å². The number of benzene rings is 2. The zero-order valence-electron chi connectivity index (χ0n) is 17.7. The van der Waals surface area contributed by atoms with Crippen LogP contribution in [0.4, 0.5) is 16.2 Å². The number of carbonyl (C=O) groups excluding carboxylic acids is 2. The van der Waals surface area contributed by atoms with E-state index < -0.39 is 17.7 Å². The maximum absolute atomic E-state index is 13.3. The van der Waals surface area contributed by atoms with Gasteiger partial charge in [0, 0.05) is 29.2 Å². The number of urea groups is 1. The molecule has 2 aromatic rings. The predicted molar refractivity (Wildman–Crippen MR) is 121 cm³/mol. The van der Waals surface area contributed by atoms with Crippen LogP contribution < -0.4 is 25.0 Å². The van der Waals surface area contributed by atoms with E-state index in [0.717, 1.165) is 4.90 Å². The molecule has 1 aliphatic heterocycles. The molecule has 1 aliphatic rings. The van der Waals surface area contributed by atoms with Gasteiger partial charge in [0.1, 0.15) is 11.5 Å². The summed E-state index contributed by atoms with van der Waals surface area (Å²) in [5.74, 6) is 0.0222. The van der Waals surface area contributed by atoms with E-state index in [9.17, 15) is 14.7 Å². The fourth-order valence-corrected chi connectivity index (χ4v) is 3.71. The number of hydrogen-bond acceptors (Lipinski definition) is 6. The van der Waals surface area contributed by atoms with Crippen molar-refractivity contribution >= 4 is 39.2 Å². The van der Waals surface area contributed by atoms with E-state index >= 15 is 0 Å². The molecule has 10 heteroatoms. The summed E-state index contributed by atoms with van der Waals surface area (Å²) in [7, 11) is 6.68. The maximum Gasteiger partial charge on any atom is 0.329 e. The van der Waals surface area contributed by atoms with Crippen LogP contribution in [0.15, 0.2) is 40.9 Å². The molecule has 3 amide bonds. The number of carbonyl (C=O) groups is 2. The number of likely N-dealkylation sites (N-methyl/N-ethyl adjacent to an activating group) is 1. The molecule has 9 nitrogen and oxygen atoms in total. The maximum atomic E-state index is 13.3. The van der Waals surface area contributed by atoms with Crippen LogP contribution in [0, 0.1) is 0 Å². The molecule has 2 aromatic carbocycles. The summed E-state index contributed by atoms with van der Waals surface area (Å²) in [6.07, 6.45) is 0. The van der Waals surface area contributed by atoms with Gasteiger partial charge in [-0.15, -0.1) is 0 Å². The van der Waals surface area contributed by atoms with Crippen molar-refractivity contribution in [3.8, 4) is 11.5 Å². The normalized spacial score (nSPS) is 17.8. The highest BCUT2D eigenvalue weighted by molar-refractivity contribution is 9.10. The van der Waals surface area contributed by atoms with Gasteiger partial charge in [0.25, 0.3) is 11.6 Å². The number of hydrogen-bond donors (Lipinski definition) is 3. The van der Waals surface area contributed by atoms with E-state index in [0.29, 0.717) is 22.5 Å². The Morgan fingerprint density at radius 2 is 1.97 bits per heavy atom. The second kappa shape index (κ2) is 9.13. The standard InChI is InChI=1S/C21H25BrN4O5/c1-25(2)10-9-23-19(27)21(29)15-11-13(22)5-7-16(15)24-20(28)26(21)17-8-6-14(30-3)12-18(17)31-4/h5-8,11-12,29H,9-10H2,1-4H3,(H,23,27)(H,24,28). The summed E-state index contributed by atoms with van der Waals surface area (Å²) in [5.41, 5.74) is -1.56. The topological polar surface area (TPSA) is 103 Å². The molecule has 166 valence electrons. The Kier molecular flexibility index (Phi) is 6.73. The monoisotopic (exact) mass is 492 g/mol. The number of methoxy groups -OCH3 is 2. The number of anilines is 2. The molecule has 1 unspecified atom stereocenters. The average molecular weight is 493 g/mol. The third kappa shape index (κ3) is 4.32. The molecule has 0 bridgehead atoms. The first-order valence-corrected chi connectivity index (χ1v) is 10.3. The molecule has 0 saturated carbocycles. The van der Waals surface area contributed by atoms with Crippen LogP contribution in [0.5, 0.6) is 11.5 Å². The number of rotatable bonds is 7. The Morgan fingerprint density at radius 1 is 1.23 bits per heavy atom. The number of halogens is 1. The van der Waals surface area contributed by atoms with Gasteiger partial charge in [0.05, 0.1) is 25.6 Å². The molecule has 0 saturated heterocycles. The zero-order chi connectivity index (χ0) is 22.8. The first-order valence-electron chi connectivity index (χ1n) is 9.51. The molecule has 0 radical (unpaired) electrons. The third-order valence-corrected chi connectivity index (χ3v) is 5.41. The van der Waals surface area contributed by atoms with E-state index in [1.807, 2.05) is 19.0 Å². The molecule has 3 rings (SSSR count). The molecule has 0 spiro atoms. The fourth-order valence-electron chi connectivity index (χ4n) is 3.35. The lowest BCUT2D eigenvalue weighted by Crippen LogP contribution is -2.63. The van der Waals surface area contributed by atoms with Crippen molar-refractivity contribution in [1.82, 2.24) is 10.2 Å². The van der Waals surface area contributed by atoms with E-state index in [2.05, 4.69) is 26.6 Å². The number of amides is 3. The summed E-state index contributed by atoms with van der Waals surface area (Å²) >= 11 is 3.38. The van der Waals surface area contributed by atoms with Gasteiger partial charge >= 0.3 is 6.03 Å². The number of fused-ring (bicyclic) bond motifs is 1. The molecule has 3 N–H and O–H groups in total. The van der Waals surface area contributed by atoms with Crippen LogP contribution >= 0.6 is 15.9 Å². The van der Waals surface area contributed by atoms with Crippen LogP contribution in [0.2, 0.25) is 0 Å². The second-order valence-corrected chi connectivity index (χ2v) is 8.14. The van der Waals surface area contributed by atoms with Gasteiger partial charge in [-0.3, -0.25) is 4.79 Å².